The van der Waals surface area contributed by atoms with Gasteiger partial charge in [-0.1, -0.05) is 56.8 Å². The van der Waals surface area contributed by atoms with Crippen molar-refractivity contribution in [1.82, 2.24) is 9.97 Å². The van der Waals surface area contributed by atoms with Gasteiger partial charge >= 0.3 is 0 Å². The molecule has 0 saturated heterocycles. The van der Waals surface area contributed by atoms with Crippen LogP contribution in [-0.2, 0) is 11.2 Å². The lowest BCUT2D eigenvalue weighted by molar-refractivity contribution is 0.590. The van der Waals surface area contributed by atoms with Crippen LogP contribution in [0.15, 0.2) is 35.6 Å². The van der Waals surface area contributed by atoms with Crippen molar-refractivity contribution in [2.75, 3.05) is 5.73 Å². The number of nitrogens with zero attached hydrogens (tertiary/aromatic N) is 2. The van der Waals surface area contributed by atoms with Gasteiger partial charge in [0.1, 0.15) is 0 Å². The molecule has 0 unspecified atom stereocenters. The van der Waals surface area contributed by atoms with Crippen LogP contribution in [-0.4, -0.2) is 9.97 Å². The molecule has 106 valence electrons. The number of anilines is 1. The first-order valence-electron chi connectivity index (χ1n) is 6.36. The number of nitrogens with two attached hydrogens (primary N) is 1. The van der Waals surface area contributed by atoms with Gasteiger partial charge in [0.05, 0.1) is 6.20 Å². The van der Waals surface area contributed by atoms with E-state index >= 15 is 0 Å². The van der Waals surface area contributed by atoms with Crippen molar-refractivity contribution in [2.45, 2.75) is 37.1 Å². The number of benzene rings is 1. The summed E-state index contributed by atoms with van der Waals surface area (Å²) in [5, 5.41) is 0.490. The maximum atomic E-state index is 13.0. The van der Waals surface area contributed by atoms with E-state index in [0.717, 1.165) is 11.9 Å². The second-order valence-electron chi connectivity index (χ2n) is 5.62. The highest BCUT2D eigenvalue weighted by molar-refractivity contribution is 7.98. The van der Waals surface area contributed by atoms with Gasteiger partial charge in [-0.05, 0) is 16.5 Å². The molecule has 0 saturated carbocycles. The van der Waals surface area contributed by atoms with E-state index in [4.69, 9.17) is 5.73 Å². The molecule has 20 heavy (non-hydrogen) atoms. The van der Waals surface area contributed by atoms with Crippen molar-refractivity contribution < 1.29 is 4.39 Å². The average molecular weight is 291 g/mol. The van der Waals surface area contributed by atoms with Crippen LogP contribution in [0.2, 0.25) is 0 Å². The summed E-state index contributed by atoms with van der Waals surface area (Å²) in [6, 6.07) is 8.46. The Balaban J connectivity index is 2.02. The molecule has 5 heteroatoms. The van der Waals surface area contributed by atoms with Gasteiger partial charge in [0.2, 0.25) is 0 Å². The Morgan fingerprint density at radius 2 is 1.85 bits per heavy atom. The van der Waals surface area contributed by atoms with E-state index in [-0.39, 0.29) is 11.2 Å². The minimum atomic E-state index is -0.580. The molecule has 0 radical (unpaired) electrons. The largest absolute Gasteiger partial charge is 0.381 e. The van der Waals surface area contributed by atoms with Crippen molar-refractivity contribution in [3.63, 3.8) is 0 Å². The molecule has 0 amide bonds. The number of thioether (sulfide) groups is 1. The van der Waals surface area contributed by atoms with Gasteiger partial charge < -0.3 is 5.73 Å². The smallest absolute Gasteiger partial charge is 0.189 e. The zero-order valence-electron chi connectivity index (χ0n) is 11.9. The standard InChI is InChI=1S/C15H18FN3S/c1-15(2,3)11-6-4-10(5-7-11)9-20-14-18-8-12(16)13(17)19-14/h4-8H,9H2,1-3H3,(H2,17,18,19). The van der Waals surface area contributed by atoms with Gasteiger partial charge in [-0.2, -0.15) is 0 Å². The molecule has 1 aromatic heterocycles. The highest BCUT2D eigenvalue weighted by Crippen LogP contribution is 2.25. The summed E-state index contributed by atoms with van der Waals surface area (Å²) < 4.78 is 13.0. The summed E-state index contributed by atoms with van der Waals surface area (Å²) in [5.74, 6) is 0.0460. The summed E-state index contributed by atoms with van der Waals surface area (Å²) in [7, 11) is 0. The van der Waals surface area contributed by atoms with Crippen LogP contribution < -0.4 is 5.73 Å². The van der Waals surface area contributed by atoms with Gasteiger partial charge in [0, 0.05) is 5.75 Å². The number of rotatable bonds is 3. The van der Waals surface area contributed by atoms with Crippen LogP contribution in [0.25, 0.3) is 0 Å². The monoisotopic (exact) mass is 291 g/mol. The fourth-order valence-corrected chi connectivity index (χ4v) is 2.46. The molecule has 0 atom stereocenters. The summed E-state index contributed by atoms with van der Waals surface area (Å²) >= 11 is 1.44. The SMILES string of the molecule is CC(C)(C)c1ccc(CSc2ncc(F)c(N)n2)cc1. The highest BCUT2D eigenvalue weighted by atomic mass is 32.2. The molecule has 0 aliphatic rings. The minimum Gasteiger partial charge on any atom is -0.381 e. The van der Waals surface area contributed by atoms with E-state index in [2.05, 4.69) is 55.0 Å². The number of hydrogen-bond donors (Lipinski definition) is 1. The second kappa shape index (κ2) is 5.79. The van der Waals surface area contributed by atoms with Crippen LogP contribution in [0.3, 0.4) is 0 Å². The lowest BCUT2D eigenvalue weighted by atomic mass is 9.87. The Morgan fingerprint density at radius 3 is 2.40 bits per heavy atom. The Bertz CT molecular complexity index is 591. The fourth-order valence-electron chi connectivity index (χ4n) is 1.68. The van der Waals surface area contributed by atoms with E-state index in [9.17, 15) is 4.39 Å². The lowest BCUT2D eigenvalue weighted by Gasteiger charge is -2.19. The molecule has 0 spiro atoms. The number of nitrogen functional groups attached to an aromatic ring is 1. The molecular weight excluding hydrogens is 273 g/mol. The average Bonchev–Trinajstić information content (AvgIpc) is 2.40. The van der Waals surface area contributed by atoms with Gasteiger partial charge in [-0.3, -0.25) is 0 Å². The predicted molar refractivity (Wildman–Crippen MR) is 81.1 cm³/mol. The second-order valence-corrected chi connectivity index (χ2v) is 6.56. The van der Waals surface area contributed by atoms with E-state index in [1.165, 1.54) is 22.9 Å². The zero-order chi connectivity index (χ0) is 14.8. The van der Waals surface area contributed by atoms with Crippen molar-refractivity contribution in [2.24, 2.45) is 0 Å². The summed E-state index contributed by atoms with van der Waals surface area (Å²) in [6.45, 7) is 6.56. The van der Waals surface area contributed by atoms with Crippen LogP contribution in [0.5, 0.6) is 0 Å². The maximum absolute atomic E-state index is 13.0. The van der Waals surface area contributed by atoms with E-state index < -0.39 is 5.82 Å². The van der Waals surface area contributed by atoms with Gasteiger partial charge in [0.25, 0.3) is 0 Å². The molecule has 3 nitrogen and oxygen atoms in total. The third kappa shape index (κ3) is 3.70. The third-order valence-corrected chi connectivity index (χ3v) is 3.87. The van der Waals surface area contributed by atoms with Gasteiger partial charge in [-0.15, -0.1) is 0 Å². The summed E-state index contributed by atoms with van der Waals surface area (Å²) in [5.41, 5.74) is 8.05. The molecule has 2 aromatic rings. The van der Waals surface area contributed by atoms with E-state index in [0.29, 0.717) is 5.16 Å². The molecule has 0 fully saturated rings. The van der Waals surface area contributed by atoms with Crippen LogP contribution in [0.1, 0.15) is 31.9 Å². The van der Waals surface area contributed by atoms with E-state index in [1.54, 1.807) is 0 Å². The van der Waals surface area contributed by atoms with Crippen LogP contribution >= 0.6 is 11.8 Å². The molecule has 1 heterocycles. The molecule has 0 bridgehead atoms. The Morgan fingerprint density at radius 1 is 1.20 bits per heavy atom. The normalized spacial score (nSPS) is 11.6. The summed E-state index contributed by atoms with van der Waals surface area (Å²) in [6.07, 6.45) is 1.10. The topological polar surface area (TPSA) is 51.8 Å². The molecular formula is C15H18FN3S. The Labute approximate surface area is 122 Å². The molecule has 2 N–H and O–H groups in total. The number of aromatic nitrogens is 2. The maximum Gasteiger partial charge on any atom is 0.189 e. The van der Waals surface area contributed by atoms with E-state index in [1.807, 2.05) is 0 Å². The van der Waals surface area contributed by atoms with Gasteiger partial charge in [-0.25, -0.2) is 14.4 Å². The molecule has 1 aromatic carbocycles. The number of hydrogen-bond acceptors (Lipinski definition) is 4. The molecule has 2 rings (SSSR count). The Hall–Kier alpha value is -1.62. The zero-order valence-corrected chi connectivity index (χ0v) is 12.7. The highest BCUT2D eigenvalue weighted by Gasteiger charge is 2.13. The summed E-state index contributed by atoms with van der Waals surface area (Å²) in [4.78, 5) is 7.81. The predicted octanol–water partition coefficient (Wildman–Crippen LogP) is 3.79. The van der Waals surface area contributed by atoms with Crippen molar-refractivity contribution in [3.8, 4) is 0 Å². The van der Waals surface area contributed by atoms with Crippen LogP contribution in [0.4, 0.5) is 10.2 Å². The third-order valence-electron chi connectivity index (χ3n) is 2.94. The first kappa shape index (κ1) is 14.8. The molecule has 0 aliphatic carbocycles. The first-order chi connectivity index (χ1) is 9.36. The number of halogens is 1. The van der Waals surface area contributed by atoms with Crippen LogP contribution in [0, 0.1) is 5.82 Å². The minimum absolute atomic E-state index is 0.106. The van der Waals surface area contributed by atoms with Gasteiger partial charge in [0.15, 0.2) is 16.8 Å². The first-order valence-corrected chi connectivity index (χ1v) is 7.35. The Kier molecular flexibility index (Phi) is 4.28. The van der Waals surface area contributed by atoms with Crippen molar-refractivity contribution in [1.29, 1.82) is 0 Å². The molecule has 0 aliphatic heterocycles. The lowest BCUT2D eigenvalue weighted by Crippen LogP contribution is -2.10. The van der Waals surface area contributed by atoms with Crippen molar-refractivity contribution in [3.05, 3.63) is 47.4 Å². The quantitative estimate of drug-likeness (QED) is 0.690. The van der Waals surface area contributed by atoms with Crippen molar-refractivity contribution >= 4 is 17.6 Å². The fraction of sp³-hybridized carbons (Fsp3) is 0.333.